The minimum absolute atomic E-state index is 0.661. The van der Waals surface area contributed by atoms with Crippen LogP contribution in [0.1, 0.15) is 5.56 Å². The first-order valence-electron chi connectivity index (χ1n) is 7.50. The fraction of sp³-hybridized carbons (Fsp3) is 0. The van der Waals surface area contributed by atoms with Crippen molar-refractivity contribution in [1.82, 2.24) is 15.0 Å². The van der Waals surface area contributed by atoms with E-state index in [1.165, 1.54) is 6.33 Å². The lowest BCUT2D eigenvalue weighted by atomic mass is 10.2. The second-order valence-corrected chi connectivity index (χ2v) is 6.64. The van der Waals surface area contributed by atoms with Gasteiger partial charge in [-0.1, -0.05) is 35.9 Å². The van der Waals surface area contributed by atoms with E-state index in [-0.39, 0.29) is 0 Å². The summed E-state index contributed by atoms with van der Waals surface area (Å²) in [6.07, 6.45) is 6.68. The summed E-state index contributed by atoms with van der Waals surface area (Å²) in [4.78, 5) is 13.7. The normalized spacial score (nSPS) is 11.2. The fourth-order valence-corrected chi connectivity index (χ4v) is 3.73. The zero-order chi connectivity index (χ0) is 17.1. The first-order valence-corrected chi connectivity index (χ1v) is 8.69. The van der Waals surface area contributed by atoms with Gasteiger partial charge in [0, 0.05) is 33.4 Å². The molecule has 7 heteroatoms. The van der Waals surface area contributed by atoms with Crippen molar-refractivity contribution in [2.45, 2.75) is 0 Å². The smallest absolute Gasteiger partial charge is 0.167 e. The number of pyridine rings is 1. The van der Waals surface area contributed by atoms with Crippen molar-refractivity contribution in [2.75, 3.05) is 5.43 Å². The van der Waals surface area contributed by atoms with E-state index >= 15 is 0 Å². The first kappa shape index (κ1) is 15.7. The van der Waals surface area contributed by atoms with E-state index < -0.39 is 0 Å². The molecule has 0 unspecified atom stereocenters. The Labute approximate surface area is 153 Å². The second kappa shape index (κ2) is 6.96. The van der Waals surface area contributed by atoms with Crippen LogP contribution in [0, 0.1) is 0 Å². The zero-order valence-electron chi connectivity index (χ0n) is 12.9. The summed E-state index contributed by atoms with van der Waals surface area (Å²) in [6.45, 7) is 0. The van der Waals surface area contributed by atoms with Crippen LogP contribution >= 0.6 is 22.9 Å². The third-order valence-corrected chi connectivity index (χ3v) is 5.01. The molecule has 0 bridgehead atoms. The van der Waals surface area contributed by atoms with Gasteiger partial charge in [0.1, 0.15) is 6.33 Å². The Hall–Kier alpha value is -2.83. The number of nitrogens with zero attached hydrogens (tertiary/aromatic N) is 4. The van der Waals surface area contributed by atoms with E-state index in [2.05, 4.69) is 25.5 Å². The van der Waals surface area contributed by atoms with E-state index in [0.29, 0.717) is 10.8 Å². The number of fused-ring (bicyclic) bond motifs is 1. The van der Waals surface area contributed by atoms with Crippen LogP contribution in [0.2, 0.25) is 5.02 Å². The van der Waals surface area contributed by atoms with Crippen LogP contribution in [0.5, 0.6) is 0 Å². The Morgan fingerprint density at radius 2 is 2.04 bits per heavy atom. The van der Waals surface area contributed by atoms with Crippen LogP contribution < -0.4 is 5.43 Å². The van der Waals surface area contributed by atoms with E-state index in [9.17, 15) is 0 Å². The quantitative estimate of drug-likeness (QED) is 0.414. The molecule has 0 aliphatic heterocycles. The molecule has 122 valence electrons. The Bertz CT molecular complexity index is 1050. The highest BCUT2D eigenvalue weighted by molar-refractivity contribution is 7.22. The molecule has 0 atom stereocenters. The van der Waals surface area contributed by atoms with Crippen molar-refractivity contribution in [2.24, 2.45) is 5.10 Å². The maximum atomic E-state index is 6.30. The molecule has 4 aromatic rings. The van der Waals surface area contributed by atoms with Gasteiger partial charge in [-0.15, -0.1) is 11.3 Å². The summed E-state index contributed by atoms with van der Waals surface area (Å²) >= 11 is 7.88. The van der Waals surface area contributed by atoms with Gasteiger partial charge in [0.05, 0.1) is 16.4 Å². The molecule has 0 aliphatic rings. The van der Waals surface area contributed by atoms with Crippen molar-refractivity contribution in [1.29, 1.82) is 0 Å². The maximum Gasteiger partial charge on any atom is 0.167 e. The number of halogens is 1. The summed E-state index contributed by atoms with van der Waals surface area (Å²) in [5, 5.41) is 4.95. The minimum Gasteiger partial charge on any atom is -0.264 e. The summed E-state index contributed by atoms with van der Waals surface area (Å²) in [7, 11) is 0. The number of aromatic nitrogens is 3. The molecule has 4 rings (SSSR count). The van der Waals surface area contributed by atoms with Crippen LogP contribution in [0.25, 0.3) is 20.7 Å². The van der Waals surface area contributed by atoms with Crippen LogP contribution in [-0.2, 0) is 0 Å². The molecule has 25 heavy (non-hydrogen) atoms. The molecular weight excluding hydrogens is 354 g/mol. The molecule has 3 heterocycles. The third-order valence-electron chi connectivity index (χ3n) is 3.52. The molecule has 0 saturated carbocycles. The monoisotopic (exact) mass is 365 g/mol. The Morgan fingerprint density at radius 3 is 2.88 bits per heavy atom. The highest BCUT2D eigenvalue weighted by atomic mass is 35.5. The van der Waals surface area contributed by atoms with Gasteiger partial charge in [0.2, 0.25) is 0 Å². The molecule has 0 fully saturated rings. The molecule has 1 aromatic carbocycles. The van der Waals surface area contributed by atoms with Crippen molar-refractivity contribution >= 4 is 45.2 Å². The molecule has 1 N–H and O–H groups in total. The lowest BCUT2D eigenvalue weighted by molar-refractivity contribution is 1.19. The van der Waals surface area contributed by atoms with Crippen LogP contribution in [-0.4, -0.2) is 21.2 Å². The van der Waals surface area contributed by atoms with Gasteiger partial charge in [-0.25, -0.2) is 9.97 Å². The molecule has 3 aromatic heterocycles. The fourth-order valence-electron chi connectivity index (χ4n) is 2.35. The third kappa shape index (κ3) is 3.35. The van der Waals surface area contributed by atoms with Crippen LogP contribution in [0.15, 0.2) is 66.3 Å². The lowest BCUT2D eigenvalue weighted by Crippen LogP contribution is -1.94. The van der Waals surface area contributed by atoms with Gasteiger partial charge in [0.15, 0.2) is 5.82 Å². The number of benzene rings is 1. The maximum absolute atomic E-state index is 6.30. The molecule has 0 amide bonds. The summed E-state index contributed by atoms with van der Waals surface area (Å²) in [5.41, 5.74) is 5.73. The largest absolute Gasteiger partial charge is 0.264 e. The van der Waals surface area contributed by atoms with Crippen molar-refractivity contribution in [3.8, 4) is 10.4 Å². The number of hydrogen-bond donors (Lipinski definition) is 1. The lowest BCUT2D eigenvalue weighted by Gasteiger charge is -2.00. The van der Waals surface area contributed by atoms with Crippen molar-refractivity contribution in [3.63, 3.8) is 0 Å². The van der Waals surface area contributed by atoms with Gasteiger partial charge < -0.3 is 0 Å². The predicted octanol–water partition coefficient (Wildman–Crippen LogP) is 4.85. The van der Waals surface area contributed by atoms with E-state index in [1.54, 1.807) is 29.9 Å². The number of anilines is 1. The average Bonchev–Trinajstić information content (AvgIpc) is 3.08. The summed E-state index contributed by atoms with van der Waals surface area (Å²) in [5.74, 6) is 0.661. The SMILES string of the molecule is Clc1ccccc1-c1cc2ncnc(N/N=C/c3cccnc3)c2s1. The molecule has 0 radical (unpaired) electrons. The Morgan fingerprint density at radius 1 is 1.12 bits per heavy atom. The predicted molar refractivity (Wildman–Crippen MR) is 103 cm³/mol. The van der Waals surface area contributed by atoms with E-state index in [4.69, 9.17) is 11.6 Å². The van der Waals surface area contributed by atoms with Gasteiger partial charge >= 0.3 is 0 Å². The first-order chi connectivity index (χ1) is 12.3. The number of hydrogen-bond acceptors (Lipinski definition) is 6. The average molecular weight is 366 g/mol. The standard InChI is InChI=1S/C18H12ClN5S/c19-14-6-2-1-5-13(14)16-8-15-17(25-16)18(22-11-21-15)24-23-10-12-4-3-7-20-9-12/h1-11H,(H,21,22,24)/b23-10+. The van der Waals surface area contributed by atoms with Crippen LogP contribution in [0.4, 0.5) is 5.82 Å². The van der Waals surface area contributed by atoms with Crippen molar-refractivity contribution in [3.05, 3.63) is 71.8 Å². The molecule has 0 saturated heterocycles. The summed E-state index contributed by atoms with van der Waals surface area (Å²) in [6, 6.07) is 13.6. The minimum atomic E-state index is 0.661. The zero-order valence-corrected chi connectivity index (χ0v) is 14.5. The molecule has 5 nitrogen and oxygen atoms in total. The topological polar surface area (TPSA) is 63.1 Å². The van der Waals surface area contributed by atoms with Gasteiger partial charge in [-0.2, -0.15) is 5.10 Å². The van der Waals surface area contributed by atoms with Crippen molar-refractivity contribution < 1.29 is 0 Å². The van der Waals surface area contributed by atoms with Gasteiger partial charge in [-0.3, -0.25) is 10.4 Å². The summed E-state index contributed by atoms with van der Waals surface area (Å²) < 4.78 is 0.931. The number of thiophene rings is 1. The Kier molecular flexibility index (Phi) is 4.37. The highest BCUT2D eigenvalue weighted by Gasteiger charge is 2.11. The highest BCUT2D eigenvalue weighted by Crippen LogP contribution is 2.38. The molecule has 0 aliphatic carbocycles. The van der Waals surface area contributed by atoms with E-state index in [1.807, 2.05) is 42.5 Å². The number of rotatable bonds is 4. The number of hydrazone groups is 1. The van der Waals surface area contributed by atoms with E-state index in [0.717, 1.165) is 26.2 Å². The number of nitrogens with one attached hydrogen (secondary N) is 1. The Balaban J connectivity index is 1.66. The van der Waals surface area contributed by atoms with Gasteiger partial charge in [0.25, 0.3) is 0 Å². The molecule has 0 spiro atoms. The van der Waals surface area contributed by atoms with Gasteiger partial charge in [-0.05, 0) is 18.2 Å². The molecular formula is C18H12ClN5S. The van der Waals surface area contributed by atoms with Crippen LogP contribution in [0.3, 0.4) is 0 Å². The second-order valence-electron chi connectivity index (χ2n) is 5.18.